The maximum absolute atomic E-state index is 12.5. The Kier molecular flexibility index (Phi) is 4.01. The SMILES string of the molecule is Cc1c(C(=O)NC(C(=O)O)C(C)C)oc2c1ccc1ccccc12. The molecule has 124 valence electrons. The Bertz CT molecular complexity index is 939. The number of carbonyl (C=O) groups excluding carboxylic acids is 1. The van der Waals surface area contributed by atoms with Gasteiger partial charge in [0.2, 0.25) is 0 Å². The average molecular weight is 325 g/mol. The summed E-state index contributed by atoms with van der Waals surface area (Å²) in [6.07, 6.45) is 0. The van der Waals surface area contributed by atoms with Crippen LogP contribution in [0.15, 0.2) is 40.8 Å². The molecule has 1 aromatic heterocycles. The third kappa shape index (κ3) is 2.62. The van der Waals surface area contributed by atoms with Crippen molar-refractivity contribution in [2.75, 3.05) is 0 Å². The molecular weight excluding hydrogens is 306 g/mol. The number of rotatable bonds is 4. The zero-order valence-corrected chi connectivity index (χ0v) is 13.8. The molecule has 5 nitrogen and oxygen atoms in total. The topological polar surface area (TPSA) is 79.5 Å². The summed E-state index contributed by atoms with van der Waals surface area (Å²) in [5.41, 5.74) is 1.35. The monoisotopic (exact) mass is 325 g/mol. The Morgan fingerprint density at radius 2 is 1.79 bits per heavy atom. The van der Waals surface area contributed by atoms with Crippen LogP contribution in [0, 0.1) is 12.8 Å². The van der Waals surface area contributed by atoms with Gasteiger partial charge in [-0.3, -0.25) is 4.79 Å². The number of amides is 1. The molecule has 0 fully saturated rings. The summed E-state index contributed by atoms with van der Waals surface area (Å²) in [4.78, 5) is 23.8. The van der Waals surface area contributed by atoms with E-state index in [0.29, 0.717) is 11.1 Å². The van der Waals surface area contributed by atoms with Gasteiger partial charge in [0.1, 0.15) is 11.6 Å². The van der Waals surface area contributed by atoms with E-state index in [-0.39, 0.29) is 11.7 Å². The molecule has 2 aromatic carbocycles. The number of aryl methyl sites for hydroxylation is 1. The van der Waals surface area contributed by atoms with E-state index in [1.165, 1.54) is 0 Å². The average Bonchev–Trinajstić information content (AvgIpc) is 2.89. The van der Waals surface area contributed by atoms with E-state index in [4.69, 9.17) is 4.42 Å². The van der Waals surface area contributed by atoms with Gasteiger partial charge in [0.25, 0.3) is 5.91 Å². The number of carboxylic acids is 1. The van der Waals surface area contributed by atoms with Crippen LogP contribution in [0.2, 0.25) is 0 Å². The van der Waals surface area contributed by atoms with E-state index in [1.54, 1.807) is 20.8 Å². The lowest BCUT2D eigenvalue weighted by Gasteiger charge is -2.17. The minimum atomic E-state index is -1.06. The Morgan fingerprint density at radius 1 is 1.08 bits per heavy atom. The number of hydrogen-bond acceptors (Lipinski definition) is 3. The highest BCUT2D eigenvalue weighted by molar-refractivity contribution is 6.09. The zero-order valence-electron chi connectivity index (χ0n) is 13.8. The molecule has 3 rings (SSSR count). The molecule has 1 atom stereocenters. The fraction of sp³-hybridized carbons (Fsp3) is 0.263. The molecule has 24 heavy (non-hydrogen) atoms. The van der Waals surface area contributed by atoms with Gasteiger partial charge < -0.3 is 14.8 Å². The number of benzene rings is 2. The van der Waals surface area contributed by atoms with Crippen molar-refractivity contribution in [3.8, 4) is 0 Å². The normalized spacial score (nSPS) is 12.7. The van der Waals surface area contributed by atoms with Crippen LogP contribution in [0.1, 0.15) is 30.0 Å². The number of furan rings is 1. The van der Waals surface area contributed by atoms with Crippen molar-refractivity contribution in [1.82, 2.24) is 5.32 Å². The molecule has 0 saturated carbocycles. The second-order valence-corrected chi connectivity index (χ2v) is 6.25. The first kappa shape index (κ1) is 16.1. The standard InChI is InChI=1S/C19H19NO4/c1-10(2)15(19(22)23)20-18(21)16-11(3)13-9-8-12-6-4-5-7-14(12)17(13)24-16/h4-10,15H,1-3H3,(H,20,21)(H,22,23). The van der Waals surface area contributed by atoms with Gasteiger partial charge >= 0.3 is 5.97 Å². The summed E-state index contributed by atoms with van der Waals surface area (Å²) in [6, 6.07) is 10.7. The maximum atomic E-state index is 12.5. The van der Waals surface area contributed by atoms with Gasteiger partial charge in [-0.25, -0.2) is 4.79 Å². The van der Waals surface area contributed by atoms with E-state index in [1.807, 2.05) is 36.4 Å². The molecule has 0 bridgehead atoms. The van der Waals surface area contributed by atoms with Crippen molar-refractivity contribution < 1.29 is 19.1 Å². The highest BCUT2D eigenvalue weighted by Gasteiger charge is 2.27. The summed E-state index contributed by atoms with van der Waals surface area (Å²) in [6.45, 7) is 5.30. The molecule has 2 N–H and O–H groups in total. The molecule has 3 aromatic rings. The Labute approximate surface area is 139 Å². The first-order valence-corrected chi connectivity index (χ1v) is 7.84. The van der Waals surface area contributed by atoms with Crippen molar-refractivity contribution in [3.05, 3.63) is 47.7 Å². The first-order valence-electron chi connectivity index (χ1n) is 7.84. The molecular formula is C19H19NO4. The van der Waals surface area contributed by atoms with Crippen LogP contribution in [0.5, 0.6) is 0 Å². The van der Waals surface area contributed by atoms with Gasteiger partial charge in [-0.05, 0) is 18.2 Å². The number of hydrogen-bond donors (Lipinski definition) is 2. The molecule has 1 heterocycles. The molecule has 0 aliphatic heterocycles. The van der Waals surface area contributed by atoms with E-state index < -0.39 is 17.9 Å². The molecule has 1 amide bonds. The first-order chi connectivity index (χ1) is 11.4. The quantitative estimate of drug-likeness (QED) is 0.766. The van der Waals surface area contributed by atoms with Crippen molar-refractivity contribution in [1.29, 1.82) is 0 Å². The van der Waals surface area contributed by atoms with Crippen LogP contribution in [-0.2, 0) is 4.79 Å². The minimum absolute atomic E-state index is 0.160. The molecule has 0 aliphatic carbocycles. The molecule has 0 aliphatic rings. The van der Waals surface area contributed by atoms with Crippen LogP contribution < -0.4 is 5.32 Å². The van der Waals surface area contributed by atoms with Crippen LogP contribution >= 0.6 is 0 Å². The molecule has 5 heteroatoms. The number of carbonyl (C=O) groups is 2. The Morgan fingerprint density at radius 3 is 2.46 bits per heavy atom. The highest BCUT2D eigenvalue weighted by Crippen LogP contribution is 2.31. The minimum Gasteiger partial charge on any atom is -0.480 e. The van der Waals surface area contributed by atoms with E-state index in [0.717, 1.165) is 16.2 Å². The lowest BCUT2D eigenvalue weighted by Crippen LogP contribution is -2.44. The Balaban J connectivity index is 2.06. The predicted molar refractivity (Wildman–Crippen MR) is 92.2 cm³/mol. The van der Waals surface area contributed by atoms with Crippen LogP contribution in [0.3, 0.4) is 0 Å². The van der Waals surface area contributed by atoms with E-state index in [9.17, 15) is 14.7 Å². The lowest BCUT2D eigenvalue weighted by atomic mass is 10.0. The molecule has 0 spiro atoms. The van der Waals surface area contributed by atoms with Crippen molar-refractivity contribution in [3.63, 3.8) is 0 Å². The van der Waals surface area contributed by atoms with Gasteiger partial charge in [-0.1, -0.05) is 50.2 Å². The van der Waals surface area contributed by atoms with Gasteiger partial charge in [-0.2, -0.15) is 0 Å². The van der Waals surface area contributed by atoms with Crippen molar-refractivity contribution >= 4 is 33.6 Å². The molecule has 1 unspecified atom stereocenters. The van der Waals surface area contributed by atoms with Gasteiger partial charge in [0.05, 0.1) is 0 Å². The molecule has 0 saturated heterocycles. The number of carboxylic acid groups (broad SMARTS) is 1. The van der Waals surface area contributed by atoms with Gasteiger partial charge in [-0.15, -0.1) is 0 Å². The van der Waals surface area contributed by atoms with Crippen molar-refractivity contribution in [2.24, 2.45) is 5.92 Å². The summed E-state index contributed by atoms with van der Waals surface area (Å²) in [7, 11) is 0. The third-order valence-corrected chi connectivity index (χ3v) is 4.25. The number of nitrogens with one attached hydrogen (secondary N) is 1. The largest absolute Gasteiger partial charge is 0.480 e. The lowest BCUT2D eigenvalue weighted by molar-refractivity contribution is -0.140. The number of fused-ring (bicyclic) bond motifs is 3. The van der Waals surface area contributed by atoms with E-state index >= 15 is 0 Å². The van der Waals surface area contributed by atoms with Gasteiger partial charge in [0.15, 0.2) is 5.76 Å². The van der Waals surface area contributed by atoms with Crippen LogP contribution in [0.4, 0.5) is 0 Å². The van der Waals surface area contributed by atoms with Crippen LogP contribution in [-0.4, -0.2) is 23.0 Å². The Hall–Kier alpha value is -2.82. The second-order valence-electron chi connectivity index (χ2n) is 6.25. The summed E-state index contributed by atoms with van der Waals surface area (Å²) in [5.74, 6) is -1.63. The second kappa shape index (κ2) is 6.00. The highest BCUT2D eigenvalue weighted by atomic mass is 16.4. The zero-order chi connectivity index (χ0) is 17.4. The van der Waals surface area contributed by atoms with E-state index in [2.05, 4.69) is 5.32 Å². The molecule has 0 radical (unpaired) electrons. The third-order valence-electron chi connectivity index (χ3n) is 4.25. The maximum Gasteiger partial charge on any atom is 0.326 e. The fourth-order valence-electron chi connectivity index (χ4n) is 2.89. The smallest absolute Gasteiger partial charge is 0.326 e. The summed E-state index contributed by atoms with van der Waals surface area (Å²) in [5, 5.41) is 14.6. The number of aliphatic carboxylic acids is 1. The summed E-state index contributed by atoms with van der Waals surface area (Å²) >= 11 is 0. The van der Waals surface area contributed by atoms with Crippen molar-refractivity contribution in [2.45, 2.75) is 26.8 Å². The summed E-state index contributed by atoms with van der Waals surface area (Å²) < 4.78 is 5.83. The van der Waals surface area contributed by atoms with Crippen LogP contribution in [0.25, 0.3) is 21.7 Å². The van der Waals surface area contributed by atoms with Gasteiger partial charge in [0, 0.05) is 16.3 Å². The predicted octanol–water partition coefficient (Wildman–Crippen LogP) is 3.73. The fourth-order valence-corrected chi connectivity index (χ4v) is 2.89.